The number of nitrogens with one attached hydrogen (secondary N) is 1. The molecule has 0 spiro atoms. The Bertz CT molecular complexity index is 922. The van der Waals surface area contributed by atoms with Crippen molar-refractivity contribution in [2.45, 2.75) is 11.8 Å². The quantitative estimate of drug-likeness (QED) is 0.667. The summed E-state index contributed by atoms with van der Waals surface area (Å²) < 4.78 is 43.9. The van der Waals surface area contributed by atoms with Crippen molar-refractivity contribution < 1.29 is 32.6 Å². The first-order valence-corrected chi connectivity index (χ1v) is 8.65. The van der Waals surface area contributed by atoms with Crippen molar-refractivity contribution in [3.8, 4) is 0 Å². The van der Waals surface area contributed by atoms with Crippen molar-refractivity contribution in [2.24, 2.45) is 0 Å². The van der Waals surface area contributed by atoms with Crippen molar-refractivity contribution in [3.63, 3.8) is 0 Å². The van der Waals surface area contributed by atoms with Gasteiger partial charge in [0.1, 0.15) is 0 Å². The molecule has 0 aliphatic heterocycles. The molecule has 0 saturated heterocycles. The topological polar surface area (TPSA) is 78.9 Å². The highest BCUT2D eigenvalue weighted by molar-refractivity contribution is 6.42. The number of esters is 1. The van der Waals surface area contributed by atoms with E-state index in [1.807, 2.05) is 0 Å². The van der Waals surface area contributed by atoms with Crippen LogP contribution in [0.4, 0.5) is 29.3 Å². The lowest BCUT2D eigenvalue weighted by Gasteiger charge is -2.28. The maximum Gasteiger partial charge on any atom is 0.432 e. The first-order valence-electron chi connectivity index (χ1n) is 7.89. The number of nitrogens with zero attached hydrogens (tertiary/aromatic N) is 1. The number of ether oxygens (including phenoxy) is 1. The zero-order valence-electron chi connectivity index (χ0n) is 15.1. The zero-order valence-corrected chi connectivity index (χ0v) is 16.6. The van der Waals surface area contributed by atoms with Gasteiger partial charge in [0, 0.05) is 24.0 Å². The summed E-state index contributed by atoms with van der Waals surface area (Å²) in [4.78, 5) is 25.0. The molecule has 1 atom stereocenters. The number of benzene rings is 2. The van der Waals surface area contributed by atoms with E-state index < -0.39 is 29.3 Å². The Morgan fingerprint density at radius 3 is 2.14 bits per heavy atom. The summed E-state index contributed by atoms with van der Waals surface area (Å²) in [5.74, 6) is -1.87. The van der Waals surface area contributed by atoms with E-state index in [4.69, 9.17) is 23.2 Å². The van der Waals surface area contributed by atoms with Crippen molar-refractivity contribution in [3.05, 3.63) is 58.1 Å². The summed E-state index contributed by atoms with van der Waals surface area (Å²) in [6, 6.07) is 7.86. The van der Waals surface area contributed by atoms with Gasteiger partial charge in [-0.2, -0.15) is 13.2 Å². The van der Waals surface area contributed by atoms with Gasteiger partial charge in [0.2, 0.25) is 0 Å². The lowest BCUT2D eigenvalue weighted by Crippen LogP contribution is -2.49. The number of aliphatic hydroxyl groups is 1. The molecule has 0 aliphatic carbocycles. The van der Waals surface area contributed by atoms with Gasteiger partial charge in [-0.05, 0) is 30.3 Å². The van der Waals surface area contributed by atoms with Gasteiger partial charge in [0.25, 0.3) is 5.60 Å². The first kappa shape index (κ1) is 22.8. The molecule has 0 saturated carbocycles. The normalized spacial score (nSPS) is 13.4. The van der Waals surface area contributed by atoms with Crippen LogP contribution < -0.4 is 10.2 Å². The highest BCUT2D eigenvalue weighted by atomic mass is 35.5. The van der Waals surface area contributed by atoms with Crippen LogP contribution in [0.2, 0.25) is 10.0 Å². The molecule has 0 radical (unpaired) electrons. The minimum atomic E-state index is -5.31. The number of urea groups is 1. The number of carbonyl (C=O) groups excluding carboxylic acids is 2. The van der Waals surface area contributed by atoms with Gasteiger partial charge < -0.3 is 15.2 Å². The fraction of sp³-hybridized carbons (Fsp3) is 0.222. The van der Waals surface area contributed by atoms with E-state index in [-0.39, 0.29) is 10.7 Å². The van der Waals surface area contributed by atoms with Gasteiger partial charge in [0.15, 0.2) is 0 Å². The van der Waals surface area contributed by atoms with E-state index >= 15 is 0 Å². The fourth-order valence-electron chi connectivity index (χ4n) is 2.37. The second-order valence-electron chi connectivity index (χ2n) is 5.86. The van der Waals surface area contributed by atoms with Crippen LogP contribution in [0.25, 0.3) is 0 Å². The van der Waals surface area contributed by atoms with Gasteiger partial charge >= 0.3 is 18.2 Å². The number of halogens is 5. The Hall–Kier alpha value is -2.49. The van der Waals surface area contributed by atoms with Gasteiger partial charge in [-0.1, -0.05) is 35.3 Å². The summed E-state index contributed by atoms with van der Waals surface area (Å²) in [5.41, 5.74) is -4.04. The minimum absolute atomic E-state index is 0.195. The maximum absolute atomic E-state index is 13.3. The van der Waals surface area contributed by atoms with Crippen LogP contribution in [-0.4, -0.2) is 37.4 Å². The van der Waals surface area contributed by atoms with Crippen LogP contribution >= 0.6 is 23.2 Å². The average Bonchev–Trinajstić information content (AvgIpc) is 2.68. The number of amides is 2. The highest BCUT2D eigenvalue weighted by Gasteiger charge is 2.62. The van der Waals surface area contributed by atoms with E-state index in [2.05, 4.69) is 10.1 Å². The van der Waals surface area contributed by atoms with Crippen LogP contribution in [0, 0.1) is 0 Å². The van der Waals surface area contributed by atoms with Gasteiger partial charge in [-0.3, -0.25) is 4.90 Å². The molecular weight excluding hydrogens is 436 g/mol. The Morgan fingerprint density at radius 1 is 1.07 bits per heavy atom. The van der Waals surface area contributed by atoms with E-state index in [1.165, 1.54) is 25.2 Å². The zero-order chi connectivity index (χ0) is 22.0. The van der Waals surface area contributed by atoms with E-state index in [0.717, 1.165) is 36.3 Å². The number of methoxy groups -OCH3 is 1. The van der Waals surface area contributed by atoms with Crippen molar-refractivity contribution >= 4 is 46.6 Å². The van der Waals surface area contributed by atoms with Crippen LogP contribution in [0.5, 0.6) is 0 Å². The minimum Gasteiger partial charge on any atom is -0.466 e. The molecule has 2 rings (SSSR count). The number of carbonyl (C=O) groups is 2. The maximum atomic E-state index is 13.3. The second kappa shape index (κ2) is 8.48. The molecule has 1 unspecified atom stereocenters. The standard InChI is InChI=1S/C18H15Cl2F3N2O4/c1-25(16(27)24-11-5-8-13(19)14(20)9-11)12-6-3-10(4-7-12)17(28,15(26)29-2)18(21,22)23/h3-9,28H,1-2H3,(H,24,27). The summed E-state index contributed by atoms with van der Waals surface area (Å²) in [5, 5.41) is 13.0. The predicted octanol–water partition coefficient (Wildman–Crippen LogP) is 4.58. The third-order valence-electron chi connectivity index (χ3n) is 4.04. The molecule has 2 N–H and O–H groups in total. The molecular formula is C18H15Cl2F3N2O4. The average molecular weight is 451 g/mol. The molecule has 0 bridgehead atoms. The molecule has 2 aromatic rings. The monoisotopic (exact) mass is 450 g/mol. The summed E-state index contributed by atoms with van der Waals surface area (Å²) >= 11 is 11.7. The number of hydrogen-bond acceptors (Lipinski definition) is 4. The predicted molar refractivity (Wildman–Crippen MR) is 102 cm³/mol. The molecule has 0 fully saturated rings. The van der Waals surface area contributed by atoms with Gasteiger partial charge in [0.05, 0.1) is 17.2 Å². The Labute approximate surface area is 173 Å². The van der Waals surface area contributed by atoms with E-state index in [1.54, 1.807) is 0 Å². The van der Waals surface area contributed by atoms with E-state index in [9.17, 15) is 27.9 Å². The Morgan fingerprint density at radius 2 is 1.66 bits per heavy atom. The third-order valence-corrected chi connectivity index (χ3v) is 4.78. The summed E-state index contributed by atoms with van der Waals surface area (Å²) in [7, 11) is 2.10. The number of hydrogen-bond donors (Lipinski definition) is 2. The van der Waals surface area contributed by atoms with Crippen LogP contribution in [0.15, 0.2) is 42.5 Å². The Kier molecular flexibility index (Phi) is 6.67. The largest absolute Gasteiger partial charge is 0.466 e. The van der Waals surface area contributed by atoms with Crippen LogP contribution in [0.3, 0.4) is 0 Å². The molecule has 156 valence electrons. The molecule has 0 heterocycles. The van der Waals surface area contributed by atoms with Gasteiger partial charge in [-0.25, -0.2) is 9.59 Å². The van der Waals surface area contributed by atoms with E-state index in [0.29, 0.717) is 10.7 Å². The lowest BCUT2D eigenvalue weighted by atomic mass is 9.93. The number of rotatable bonds is 4. The molecule has 6 nitrogen and oxygen atoms in total. The Balaban J connectivity index is 2.25. The third kappa shape index (κ3) is 4.58. The van der Waals surface area contributed by atoms with Crippen LogP contribution in [0.1, 0.15) is 5.56 Å². The second-order valence-corrected chi connectivity index (χ2v) is 6.68. The molecule has 0 aromatic heterocycles. The molecule has 2 aromatic carbocycles. The summed E-state index contributed by atoms with van der Waals surface area (Å²) in [6.07, 6.45) is -5.31. The van der Waals surface area contributed by atoms with Crippen molar-refractivity contribution in [1.82, 2.24) is 0 Å². The van der Waals surface area contributed by atoms with Gasteiger partial charge in [-0.15, -0.1) is 0 Å². The van der Waals surface area contributed by atoms with Crippen molar-refractivity contribution in [1.29, 1.82) is 0 Å². The molecule has 11 heteroatoms. The molecule has 29 heavy (non-hydrogen) atoms. The SMILES string of the molecule is COC(=O)C(O)(c1ccc(N(C)C(=O)Nc2ccc(Cl)c(Cl)c2)cc1)C(F)(F)F. The number of alkyl halides is 3. The molecule has 2 amide bonds. The number of anilines is 2. The first-order chi connectivity index (χ1) is 13.4. The lowest BCUT2D eigenvalue weighted by molar-refractivity contribution is -0.266. The highest BCUT2D eigenvalue weighted by Crippen LogP contribution is 2.40. The van der Waals surface area contributed by atoms with Crippen molar-refractivity contribution in [2.75, 3.05) is 24.4 Å². The smallest absolute Gasteiger partial charge is 0.432 e. The summed E-state index contributed by atoms with van der Waals surface area (Å²) in [6.45, 7) is 0. The fourth-order valence-corrected chi connectivity index (χ4v) is 2.67. The van der Waals surface area contributed by atoms with Crippen LogP contribution in [-0.2, 0) is 15.1 Å². The molecule has 0 aliphatic rings.